The number of aliphatic hydroxyl groups is 1. The van der Waals surface area contributed by atoms with Crippen molar-refractivity contribution >= 4 is 5.96 Å². The van der Waals surface area contributed by atoms with Crippen LogP contribution >= 0.6 is 0 Å². The highest BCUT2D eigenvalue weighted by atomic mass is 16.3. The molecule has 1 aromatic carbocycles. The van der Waals surface area contributed by atoms with E-state index in [1.54, 1.807) is 0 Å². The molecule has 1 fully saturated rings. The molecule has 0 heterocycles. The summed E-state index contributed by atoms with van der Waals surface area (Å²) in [5.41, 5.74) is 1.36. The minimum absolute atomic E-state index is 0.0417. The van der Waals surface area contributed by atoms with E-state index in [1.165, 1.54) is 5.56 Å². The van der Waals surface area contributed by atoms with E-state index >= 15 is 0 Å². The maximum absolute atomic E-state index is 9.49. The van der Waals surface area contributed by atoms with Crippen molar-refractivity contribution in [1.29, 1.82) is 0 Å². The smallest absolute Gasteiger partial charge is 0.191 e. The highest BCUT2D eigenvalue weighted by molar-refractivity contribution is 5.79. The van der Waals surface area contributed by atoms with Crippen LogP contribution in [-0.4, -0.2) is 55.3 Å². The molecular formula is C20H34N4O. The van der Waals surface area contributed by atoms with Gasteiger partial charge in [-0.25, -0.2) is 0 Å². The molecule has 1 atom stereocenters. The van der Waals surface area contributed by atoms with Crippen molar-refractivity contribution in [3.05, 3.63) is 35.9 Å². The monoisotopic (exact) mass is 346 g/mol. The van der Waals surface area contributed by atoms with Gasteiger partial charge in [0, 0.05) is 18.5 Å². The van der Waals surface area contributed by atoms with E-state index in [4.69, 9.17) is 4.99 Å². The van der Waals surface area contributed by atoms with Crippen molar-refractivity contribution < 1.29 is 5.11 Å². The lowest BCUT2D eigenvalue weighted by Crippen LogP contribution is -2.43. The largest absolute Gasteiger partial charge is 0.396 e. The summed E-state index contributed by atoms with van der Waals surface area (Å²) in [4.78, 5) is 7.17. The van der Waals surface area contributed by atoms with E-state index in [1.807, 2.05) is 0 Å². The molecule has 0 amide bonds. The second-order valence-corrected chi connectivity index (χ2v) is 6.88. The third-order valence-electron chi connectivity index (χ3n) is 5.11. The van der Waals surface area contributed by atoms with E-state index in [-0.39, 0.29) is 12.0 Å². The summed E-state index contributed by atoms with van der Waals surface area (Å²) in [6.07, 6.45) is 2.16. The molecule has 0 spiro atoms. The molecule has 1 aromatic rings. The lowest BCUT2D eigenvalue weighted by atomic mass is 10.1. The van der Waals surface area contributed by atoms with Crippen molar-refractivity contribution in [2.24, 2.45) is 10.4 Å². The van der Waals surface area contributed by atoms with Crippen LogP contribution in [0.5, 0.6) is 0 Å². The predicted octanol–water partition coefficient (Wildman–Crippen LogP) is 2.40. The maximum atomic E-state index is 9.49. The topological polar surface area (TPSA) is 59.9 Å². The molecule has 0 bridgehead atoms. The molecule has 5 heteroatoms. The highest BCUT2D eigenvalue weighted by Gasteiger charge is 2.41. The minimum Gasteiger partial charge on any atom is -0.396 e. The molecule has 25 heavy (non-hydrogen) atoms. The number of aliphatic hydroxyl groups excluding tert-OH is 1. The van der Waals surface area contributed by atoms with Gasteiger partial charge in [-0.15, -0.1) is 0 Å². The number of hydrogen-bond donors (Lipinski definition) is 3. The fourth-order valence-electron chi connectivity index (χ4n) is 3.12. The van der Waals surface area contributed by atoms with E-state index in [0.29, 0.717) is 12.6 Å². The molecular weight excluding hydrogens is 312 g/mol. The van der Waals surface area contributed by atoms with E-state index < -0.39 is 0 Å². The Morgan fingerprint density at radius 2 is 1.84 bits per heavy atom. The average molecular weight is 347 g/mol. The van der Waals surface area contributed by atoms with Crippen LogP contribution in [0.4, 0.5) is 0 Å². The van der Waals surface area contributed by atoms with Crippen LogP contribution in [-0.2, 0) is 0 Å². The lowest BCUT2D eigenvalue weighted by molar-refractivity contribution is 0.215. The molecule has 0 aromatic heterocycles. The van der Waals surface area contributed by atoms with Crippen molar-refractivity contribution in [2.75, 3.05) is 39.3 Å². The number of hydrogen-bond acceptors (Lipinski definition) is 3. The first kappa shape index (κ1) is 19.7. The van der Waals surface area contributed by atoms with Gasteiger partial charge < -0.3 is 15.7 Å². The molecule has 1 aliphatic carbocycles. The molecule has 1 saturated carbocycles. The lowest BCUT2D eigenvalue weighted by Gasteiger charge is -2.31. The van der Waals surface area contributed by atoms with Gasteiger partial charge in [-0.05, 0) is 38.4 Å². The Labute approximate surface area is 152 Å². The summed E-state index contributed by atoms with van der Waals surface area (Å²) in [5.74, 6) is 0.843. The SMILES string of the molecule is CCNC(=NCC1(CO)CC1)NCC(c1ccccc1)N(CC)CC. The molecule has 3 N–H and O–H groups in total. The molecule has 0 saturated heterocycles. The third kappa shape index (κ3) is 5.72. The number of nitrogens with zero attached hydrogens (tertiary/aromatic N) is 2. The van der Waals surface area contributed by atoms with Crippen LogP contribution in [0, 0.1) is 5.41 Å². The summed E-state index contributed by atoms with van der Waals surface area (Å²) in [6, 6.07) is 11.0. The van der Waals surface area contributed by atoms with Crippen molar-refractivity contribution in [2.45, 2.75) is 39.7 Å². The first-order chi connectivity index (χ1) is 12.2. The van der Waals surface area contributed by atoms with Crippen LogP contribution < -0.4 is 10.6 Å². The van der Waals surface area contributed by atoms with Crippen LogP contribution in [0.2, 0.25) is 0 Å². The summed E-state index contributed by atoms with van der Waals surface area (Å²) in [7, 11) is 0. The Balaban J connectivity index is 2.04. The van der Waals surface area contributed by atoms with Crippen molar-refractivity contribution in [3.8, 4) is 0 Å². The fourth-order valence-corrected chi connectivity index (χ4v) is 3.12. The molecule has 0 radical (unpaired) electrons. The van der Waals surface area contributed by atoms with Gasteiger partial charge in [-0.2, -0.15) is 0 Å². The number of aliphatic imine (C=N–C) groups is 1. The zero-order valence-electron chi connectivity index (χ0n) is 16.0. The zero-order valence-corrected chi connectivity index (χ0v) is 16.0. The van der Waals surface area contributed by atoms with Gasteiger partial charge in [0.1, 0.15) is 0 Å². The third-order valence-corrected chi connectivity index (χ3v) is 5.11. The Bertz CT molecular complexity index is 524. The number of rotatable bonds is 10. The molecule has 140 valence electrons. The number of likely N-dealkylation sites (N-methyl/N-ethyl adjacent to an activating group) is 1. The summed E-state index contributed by atoms with van der Waals surface area (Å²) >= 11 is 0. The Kier molecular flexibility index (Phi) is 7.72. The number of guanidine groups is 1. The average Bonchev–Trinajstić information content (AvgIpc) is 3.44. The summed E-state index contributed by atoms with van der Waals surface area (Å²) in [5, 5.41) is 16.3. The maximum Gasteiger partial charge on any atom is 0.191 e. The Hall–Kier alpha value is -1.59. The molecule has 1 aliphatic rings. The second kappa shape index (κ2) is 9.78. The van der Waals surface area contributed by atoms with Crippen LogP contribution in [0.15, 0.2) is 35.3 Å². The van der Waals surface area contributed by atoms with Gasteiger partial charge in [-0.1, -0.05) is 44.2 Å². The normalized spacial score (nSPS) is 17.4. The first-order valence-corrected chi connectivity index (χ1v) is 9.60. The van der Waals surface area contributed by atoms with Gasteiger partial charge in [0.2, 0.25) is 0 Å². The number of nitrogens with one attached hydrogen (secondary N) is 2. The standard InChI is InChI=1S/C20H34N4O/c1-4-21-19(23-15-20(16-25)12-13-20)22-14-18(24(5-2)6-3)17-10-8-7-9-11-17/h7-11,18,25H,4-6,12-16H2,1-3H3,(H2,21,22,23). The van der Waals surface area contributed by atoms with Gasteiger partial charge >= 0.3 is 0 Å². The first-order valence-electron chi connectivity index (χ1n) is 9.60. The van der Waals surface area contributed by atoms with Gasteiger partial charge in [0.15, 0.2) is 5.96 Å². The minimum atomic E-state index is 0.0417. The van der Waals surface area contributed by atoms with Crippen LogP contribution in [0.3, 0.4) is 0 Å². The molecule has 0 aliphatic heterocycles. The van der Waals surface area contributed by atoms with Gasteiger partial charge in [-0.3, -0.25) is 9.89 Å². The Morgan fingerprint density at radius 3 is 2.36 bits per heavy atom. The summed E-state index contributed by atoms with van der Waals surface area (Å²) < 4.78 is 0. The van der Waals surface area contributed by atoms with E-state index in [9.17, 15) is 5.11 Å². The molecule has 2 rings (SSSR count). The van der Waals surface area contributed by atoms with E-state index in [2.05, 4.69) is 66.6 Å². The van der Waals surface area contributed by atoms with Gasteiger partial charge in [0.05, 0.1) is 19.2 Å². The van der Waals surface area contributed by atoms with Crippen molar-refractivity contribution in [3.63, 3.8) is 0 Å². The van der Waals surface area contributed by atoms with Crippen molar-refractivity contribution in [1.82, 2.24) is 15.5 Å². The number of benzene rings is 1. The predicted molar refractivity (Wildman–Crippen MR) is 105 cm³/mol. The Morgan fingerprint density at radius 1 is 1.16 bits per heavy atom. The second-order valence-electron chi connectivity index (χ2n) is 6.88. The van der Waals surface area contributed by atoms with E-state index in [0.717, 1.165) is 45.0 Å². The fraction of sp³-hybridized carbons (Fsp3) is 0.650. The quantitative estimate of drug-likeness (QED) is 0.450. The molecule has 1 unspecified atom stereocenters. The van der Waals surface area contributed by atoms with Gasteiger partial charge in [0.25, 0.3) is 0 Å². The zero-order chi connectivity index (χ0) is 18.1. The van der Waals surface area contributed by atoms with Crippen LogP contribution in [0.25, 0.3) is 0 Å². The summed E-state index contributed by atoms with van der Waals surface area (Å²) in [6.45, 7) is 11.1. The molecule has 5 nitrogen and oxygen atoms in total. The van der Waals surface area contributed by atoms with Crippen LogP contribution in [0.1, 0.15) is 45.2 Å². The highest BCUT2D eigenvalue weighted by Crippen LogP contribution is 2.45.